The van der Waals surface area contributed by atoms with Gasteiger partial charge < -0.3 is 4.74 Å². The van der Waals surface area contributed by atoms with Crippen molar-refractivity contribution in [2.24, 2.45) is 0 Å². The van der Waals surface area contributed by atoms with Crippen LogP contribution in [0.1, 0.15) is 15.9 Å². The molecular formula is C22H17N5O4. The number of aryl methyl sites for hydroxylation is 1. The standard InChI is InChI=1S/C22H17N5O4/c1-14-7-2-4-10-16(14)21(28)26-25-20-19(27(29)30)22(24-13-23-20)31-18-12-6-9-15-8-3-5-11-17(15)18/h2-13H,1H3,(H,26,28)(H,23,24,25). The van der Waals surface area contributed by atoms with E-state index in [4.69, 9.17) is 4.74 Å². The van der Waals surface area contributed by atoms with E-state index in [0.717, 1.165) is 22.7 Å². The highest BCUT2D eigenvalue weighted by molar-refractivity contribution is 5.96. The fourth-order valence-electron chi connectivity index (χ4n) is 3.09. The normalized spacial score (nSPS) is 10.5. The maximum Gasteiger partial charge on any atom is 0.374 e. The van der Waals surface area contributed by atoms with E-state index in [0.29, 0.717) is 11.3 Å². The molecule has 2 N–H and O–H groups in total. The van der Waals surface area contributed by atoms with Gasteiger partial charge in [-0.05, 0) is 30.0 Å². The van der Waals surface area contributed by atoms with Crippen LogP contribution in [0, 0.1) is 17.0 Å². The first kappa shape index (κ1) is 19.8. The zero-order chi connectivity index (χ0) is 21.8. The molecule has 0 saturated heterocycles. The van der Waals surface area contributed by atoms with Crippen LogP contribution in [0.25, 0.3) is 10.8 Å². The third-order valence-electron chi connectivity index (χ3n) is 4.61. The van der Waals surface area contributed by atoms with E-state index in [-0.39, 0.29) is 11.7 Å². The number of nitrogens with zero attached hydrogens (tertiary/aromatic N) is 3. The molecule has 3 aromatic carbocycles. The minimum absolute atomic E-state index is 0.197. The molecule has 0 bridgehead atoms. The largest absolute Gasteiger partial charge is 0.433 e. The predicted octanol–water partition coefficient (Wildman–Crippen LogP) is 4.40. The molecule has 0 atom stereocenters. The van der Waals surface area contributed by atoms with E-state index >= 15 is 0 Å². The number of carbonyl (C=O) groups excluding carboxylic acids is 1. The molecule has 0 aliphatic heterocycles. The van der Waals surface area contributed by atoms with E-state index in [1.165, 1.54) is 0 Å². The first-order valence-corrected chi connectivity index (χ1v) is 9.31. The van der Waals surface area contributed by atoms with Gasteiger partial charge in [-0.2, -0.15) is 4.98 Å². The average molecular weight is 415 g/mol. The number of ether oxygens (including phenoxy) is 1. The fourth-order valence-corrected chi connectivity index (χ4v) is 3.09. The molecule has 1 heterocycles. The molecule has 0 radical (unpaired) electrons. The van der Waals surface area contributed by atoms with Gasteiger partial charge in [0.1, 0.15) is 12.1 Å². The Morgan fingerprint density at radius 2 is 1.74 bits per heavy atom. The van der Waals surface area contributed by atoms with Gasteiger partial charge in [-0.1, -0.05) is 54.6 Å². The van der Waals surface area contributed by atoms with E-state index in [1.807, 2.05) is 36.4 Å². The number of fused-ring (bicyclic) bond motifs is 1. The minimum atomic E-state index is -0.664. The highest BCUT2D eigenvalue weighted by atomic mass is 16.6. The number of anilines is 1. The smallest absolute Gasteiger partial charge is 0.374 e. The summed E-state index contributed by atoms with van der Waals surface area (Å²) in [6.45, 7) is 1.79. The number of nitro groups is 1. The summed E-state index contributed by atoms with van der Waals surface area (Å²) < 4.78 is 5.79. The van der Waals surface area contributed by atoms with Crippen LogP contribution in [0.4, 0.5) is 11.5 Å². The van der Waals surface area contributed by atoms with Crippen LogP contribution < -0.4 is 15.6 Å². The lowest BCUT2D eigenvalue weighted by atomic mass is 10.1. The van der Waals surface area contributed by atoms with Crippen LogP contribution in [-0.4, -0.2) is 20.8 Å². The topological polar surface area (TPSA) is 119 Å². The third kappa shape index (κ3) is 4.10. The van der Waals surface area contributed by atoms with Crippen LogP contribution in [0.5, 0.6) is 11.6 Å². The van der Waals surface area contributed by atoms with Crippen molar-refractivity contribution in [3.63, 3.8) is 0 Å². The molecule has 0 spiro atoms. The second-order valence-corrected chi connectivity index (χ2v) is 6.61. The maximum absolute atomic E-state index is 12.4. The zero-order valence-corrected chi connectivity index (χ0v) is 16.4. The SMILES string of the molecule is Cc1ccccc1C(=O)NNc1ncnc(Oc2cccc3ccccc23)c1[N+](=O)[O-]. The zero-order valence-electron chi connectivity index (χ0n) is 16.4. The molecule has 0 aliphatic rings. The van der Waals surface area contributed by atoms with E-state index < -0.39 is 16.5 Å². The number of carbonyl (C=O) groups is 1. The summed E-state index contributed by atoms with van der Waals surface area (Å²) >= 11 is 0. The van der Waals surface area contributed by atoms with E-state index in [2.05, 4.69) is 20.8 Å². The maximum atomic E-state index is 12.4. The minimum Gasteiger partial charge on any atom is -0.433 e. The number of hydrogen-bond acceptors (Lipinski definition) is 7. The van der Waals surface area contributed by atoms with Crippen LogP contribution >= 0.6 is 0 Å². The van der Waals surface area contributed by atoms with Gasteiger partial charge in [-0.25, -0.2) is 4.98 Å². The Bertz CT molecular complexity index is 1290. The molecule has 4 rings (SSSR count). The summed E-state index contributed by atoms with van der Waals surface area (Å²) in [5, 5.41) is 13.5. The summed E-state index contributed by atoms with van der Waals surface area (Å²) in [6, 6.07) is 19.9. The first-order valence-electron chi connectivity index (χ1n) is 9.31. The second-order valence-electron chi connectivity index (χ2n) is 6.61. The lowest BCUT2D eigenvalue weighted by molar-refractivity contribution is -0.385. The molecule has 1 aromatic heterocycles. The van der Waals surface area contributed by atoms with Crippen molar-refractivity contribution in [3.8, 4) is 11.6 Å². The van der Waals surface area contributed by atoms with Gasteiger partial charge in [0.25, 0.3) is 5.91 Å². The molecule has 4 aromatic rings. The molecule has 0 aliphatic carbocycles. The Kier molecular flexibility index (Phi) is 5.39. The van der Waals surface area contributed by atoms with Gasteiger partial charge in [-0.15, -0.1) is 0 Å². The summed E-state index contributed by atoms with van der Waals surface area (Å²) in [5.74, 6) is -0.488. The van der Waals surface area contributed by atoms with Gasteiger partial charge in [-0.3, -0.25) is 25.8 Å². The van der Waals surface area contributed by atoms with E-state index in [1.54, 1.807) is 37.3 Å². The van der Waals surface area contributed by atoms with Gasteiger partial charge >= 0.3 is 11.6 Å². The number of benzene rings is 3. The van der Waals surface area contributed by atoms with Crippen molar-refractivity contribution >= 4 is 28.2 Å². The summed E-state index contributed by atoms with van der Waals surface area (Å²) in [5.41, 5.74) is 5.64. The third-order valence-corrected chi connectivity index (χ3v) is 4.61. The molecule has 1 amide bonds. The number of hydrazine groups is 1. The van der Waals surface area contributed by atoms with Crippen molar-refractivity contribution in [1.82, 2.24) is 15.4 Å². The quantitative estimate of drug-likeness (QED) is 0.354. The number of rotatable bonds is 6. The summed E-state index contributed by atoms with van der Waals surface area (Å²) in [6.07, 6.45) is 1.12. The van der Waals surface area contributed by atoms with Crippen LogP contribution in [0.2, 0.25) is 0 Å². The molecular weight excluding hydrogens is 398 g/mol. The molecule has 31 heavy (non-hydrogen) atoms. The summed E-state index contributed by atoms with van der Waals surface area (Å²) in [7, 11) is 0. The Labute approximate surface area is 176 Å². The van der Waals surface area contributed by atoms with Gasteiger partial charge in [0.2, 0.25) is 5.82 Å². The van der Waals surface area contributed by atoms with Gasteiger partial charge in [0, 0.05) is 10.9 Å². The van der Waals surface area contributed by atoms with Gasteiger partial charge in [0.05, 0.1) is 4.92 Å². The van der Waals surface area contributed by atoms with Gasteiger partial charge in [0.15, 0.2) is 0 Å². The number of hydrogen-bond donors (Lipinski definition) is 2. The number of aromatic nitrogens is 2. The van der Waals surface area contributed by atoms with Crippen molar-refractivity contribution in [1.29, 1.82) is 0 Å². The summed E-state index contributed by atoms with van der Waals surface area (Å²) in [4.78, 5) is 31.3. The first-order chi connectivity index (χ1) is 15.0. The molecule has 0 saturated carbocycles. The lowest BCUT2D eigenvalue weighted by Gasteiger charge is -2.12. The second kappa shape index (κ2) is 8.46. The van der Waals surface area contributed by atoms with Crippen LogP contribution in [-0.2, 0) is 0 Å². The molecule has 154 valence electrons. The Morgan fingerprint density at radius 1 is 1.00 bits per heavy atom. The number of nitrogens with one attached hydrogen (secondary N) is 2. The fraction of sp³-hybridized carbons (Fsp3) is 0.0455. The molecule has 9 nitrogen and oxygen atoms in total. The van der Waals surface area contributed by atoms with Crippen LogP contribution in [0.3, 0.4) is 0 Å². The molecule has 0 fully saturated rings. The van der Waals surface area contributed by atoms with Crippen molar-refractivity contribution in [2.75, 3.05) is 5.43 Å². The van der Waals surface area contributed by atoms with Crippen LogP contribution in [0.15, 0.2) is 73.1 Å². The average Bonchev–Trinajstić information content (AvgIpc) is 2.78. The number of amides is 1. The van der Waals surface area contributed by atoms with E-state index in [9.17, 15) is 14.9 Å². The monoisotopic (exact) mass is 415 g/mol. The predicted molar refractivity (Wildman–Crippen MR) is 115 cm³/mol. The Morgan fingerprint density at radius 3 is 2.55 bits per heavy atom. The highest BCUT2D eigenvalue weighted by Gasteiger charge is 2.26. The molecule has 0 unspecified atom stereocenters. The van der Waals surface area contributed by atoms with Crippen molar-refractivity contribution in [3.05, 3.63) is 94.3 Å². The highest BCUT2D eigenvalue weighted by Crippen LogP contribution is 2.36. The lowest BCUT2D eigenvalue weighted by Crippen LogP contribution is -2.30. The molecule has 9 heteroatoms. The van der Waals surface area contributed by atoms with Crippen molar-refractivity contribution < 1.29 is 14.5 Å². The Hall–Kier alpha value is -4.53. The Balaban J connectivity index is 1.63. The van der Waals surface area contributed by atoms with Crippen molar-refractivity contribution in [2.45, 2.75) is 6.92 Å².